The van der Waals surface area contributed by atoms with E-state index in [1.54, 1.807) is 12.4 Å². The molecule has 2 aliphatic carbocycles. The first-order valence-corrected chi connectivity index (χ1v) is 15.5. The number of benzene rings is 2. The van der Waals surface area contributed by atoms with Crippen LogP contribution < -0.4 is 16.0 Å². The molecule has 4 fully saturated rings. The number of hydrogen-bond acceptors (Lipinski definition) is 7. The predicted octanol–water partition coefficient (Wildman–Crippen LogP) is 6.93. The number of aryl methyl sites for hydroxylation is 1. The number of nitrogens with one attached hydrogen (secondary N) is 3. The number of amides is 1. The van der Waals surface area contributed by atoms with Gasteiger partial charge in [-0.2, -0.15) is 0 Å². The molecule has 6 heterocycles. The summed E-state index contributed by atoms with van der Waals surface area (Å²) in [7, 11) is 0. The van der Waals surface area contributed by atoms with E-state index in [0.29, 0.717) is 29.3 Å². The molecule has 2 saturated carbocycles. The van der Waals surface area contributed by atoms with E-state index >= 15 is 0 Å². The molecular formula is C36H32N6O2. The van der Waals surface area contributed by atoms with E-state index in [-0.39, 0.29) is 11.3 Å². The molecule has 218 valence electrons. The topological polar surface area (TPSA) is 101 Å². The smallest absolute Gasteiger partial charge is 0.256 e. The van der Waals surface area contributed by atoms with E-state index in [9.17, 15) is 4.79 Å². The molecular weight excluding hydrogens is 548 g/mol. The summed E-state index contributed by atoms with van der Waals surface area (Å²) in [5.41, 5.74) is 9.13. The Morgan fingerprint density at radius 2 is 1.89 bits per heavy atom. The molecule has 0 unspecified atom stereocenters. The van der Waals surface area contributed by atoms with Gasteiger partial charge in [-0.25, -0.2) is 4.98 Å². The second-order valence-corrected chi connectivity index (χ2v) is 12.6. The monoisotopic (exact) mass is 580 g/mol. The Morgan fingerprint density at radius 1 is 0.955 bits per heavy atom. The number of carbonyl (C=O) groups is 1. The average Bonchev–Trinajstić information content (AvgIpc) is 3.88. The fourth-order valence-electron chi connectivity index (χ4n) is 8.04. The second-order valence-electron chi connectivity index (χ2n) is 12.6. The van der Waals surface area contributed by atoms with E-state index in [1.165, 1.54) is 24.8 Å². The number of hydrogen-bond donors (Lipinski definition) is 3. The quantitative estimate of drug-likeness (QED) is 0.207. The first-order chi connectivity index (χ1) is 21.7. The lowest BCUT2D eigenvalue weighted by molar-refractivity contribution is -0.0785. The Balaban J connectivity index is 0.977. The predicted molar refractivity (Wildman–Crippen MR) is 171 cm³/mol. The number of rotatable bonds is 5. The van der Waals surface area contributed by atoms with Crippen LogP contribution in [0, 0.1) is 11.8 Å². The molecule has 8 nitrogen and oxygen atoms in total. The van der Waals surface area contributed by atoms with Crippen LogP contribution in [-0.2, 0) is 23.0 Å². The minimum absolute atomic E-state index is 0.201. The molecule has 1 amide bonds. The molecule has 0 spiro atoms. The van der Waals surface area contributed by atoms with Crippen molar-refractivity contribution in [1.29, 1.82) is 0 Å². The Bertz CT molecular complexity index is 1950. The number of fused-ring (bicyclic) bond motifs is 5. The highest BCUT2D eigenvalue weighted by Gasteiger charge is 2.67. The maximum absolute atomic E-state index is 13.5. The van der Waals surface area contributed by atoms with Gasteiger partial charge in [-0.05, 0) is 104 Å². The number of pyridine rings is 3. The van der Waals surface area contributed by atoms with Crippen molar-refractivity contribution in [2.75, 3.05) is 22.6 Å². The SMILES string of the molecule is O=C(Nc1nccc2c1CCc1cnccc1N2)c1cccc(Nc2ccnc3ccc([C@@]45C[C@@H]4[C@@H]4CC[C@H]5CO4)cc23)c1. The lowest BCUT2D eigenvalue weighted by Gasteiger charge is -2.42. The van der Waals surface area contributed by atoms with Gasteiger partial charge < -0.3 is 20.7 Å². The molecule has 44 heavy (non-hydrogen) atoms. The standard InChI is InChI=1S/C36H32N6O2/c43-35(42-34-26-7-4-22-19-37-13-10-29(22)41-31(26)12-15-39-34)21-2-1-3-25(16-21)40-32-11-14-38-30-8-5-23(17-27(30)32)36-18-28(36)33-9-6-24(36)20-44-33/h1-3,5,8,10-17,19,24,28,33,41H,4,6-7,9,18,20H2,(H,38,40)(H,39,42,43)/t24-,28+,33-,36+/m0/s1. The van der Waals surface area contributed by atoms with Gasteiger partial charge >= 0.3 is 0 Å². The first kappa shape index (κ1) is 25.7. The summed E-state index contributed by atoms with van der Waals surface area (Å²) in [6.45, 7) is 0.884. The van der Waals surface area contributed by atoms with Crippen LogP contribution in [-0.4, -0.2) is 33.6 Å². The van der Waals surface area contributed by atoms with Crippen LogP contribution in [0.5, 0.6) is 0 Å². The molecule has 5 aliphatic rings. The molecule has 8 heteroatoms. The maximum atomic E-state index is 13.5. The lowest BCUT2D eigenvalue weighted by Crippen LogP contribution is -2.43. The van der Waals surface area contributed by atoms with E-state index in [1.807, 2.05) is 54.9 Å². The second kappa shape index (κ2) is 9.86. The molecule has 5 aromatic rings. The van der Waals surface area contributed by atoms with Gasteiger partial charge in [-0.3, -0.25) is 14.8 Å². The lowest BCUT2D eigenvalue weighted by atomic mass is 9.71. The van der Waals surface area contributed by atoms with Gasteiger partial charge in [-0.15, -0.1) is 0 Å². The van der Waals surface area contributed by atoms with Crippen molar-refractivity contribution in [3.8, 4) is 0 Å². The summed E-state index contributed by atoms with van der Waals surface area (Å²) >= 11 is 0. The number of anilines is 5. The Hall–Kier alpha value is -4.82. The fraction of sp³-hybridized carbons (Fsp3) is 0.278. The van der Waals surface area contributed by atoms with Crippen molar-refractivity contribution in [2.24, 2.45) is 11.8 Å². The van der Waals surface area contributed by atoms with E-state index in [0.717, 1.165) is 64.2 Å². The van der Waals surface area contributed by atoms with Crippen molar-refractivity contribution in [2.45, 2.75) is 43.6 Å². The van der Waals surface area contributed by atoms with Crippen LogP contribution in [0.15, 0.2) is 85.5 Å². The van der Waals surface area contributed by atoms with Crippen LogP contribution in [0.2, 0.25) is 0 Å². The molecule has 2 saturated heterocycles. The van der Waals surface area contributed by atoms with Crippen molar-refractivity contribution < 1.29 is 9.53 Å². The molecule has 10 rings (SSSR count). The normalized spacial score (nSPS) is 24.3. The Kier molecular flexibility index (Phi) is 5.75. The molecule has 0 radical (unpaired) electrons. The highest BCUT2D eigenvalue weighted by Crippen LogP contribution is 2.68. The summed E-state index contributed by atoms with van der Waals surface area (Å²) < 4.78 is 6.12. The highest BCUT2D eigenvalue weighted by molar-refractivity contribution is 6.05. The van der Waals surface area contributed by atoms with Gasteiger partial charge in [0.05, 0.1) is 18.2 Å². The number of aromatic nitrogens is 3. The third-order valence-electron chi connectivity index (χ3n) is 10.3. The highest BCUT2D eigenvalue weighted by atomic mass is 16.5. The third-order valence-corrected chi connectivity index (χ3v) is 10.3. The zero-order valence-corrected chi connectivity index (χ0v) is 24.2. The molecule has 3 aromatic heterocycles. The van der Waals surface area contributed by atoms with Crippen molar-refractivity contribution >= 4 is 45.4 Å². The zero-order valence-electron chi connectivity index (χ0n) is 24.2. The van der Waals surface area contributed by atoms with Crippen molar-refractivity contribution in [3.63, 3.8) is 0 Å². The number of carbonyl (C=O) groups excluding carboxylic acids is 1. The van der Waals surface area contributed by atoms with Gasteiger partial charge in [0.1, 0.15) is 5.82 Å². The summed E-state index contributed by atoms with van der Waals surface area (Å²) in [4.78, 5) is 27.0. The maximum Gasteiger partial charge on any atom is 0.256 e. The van der Waals surface area contributed by atoms with Crippen molar-refractivity contribution in [3.05, 3.63) is 108 Å². The first-order valence-electron chi connectivity index (χ1n) is 15.5. The van der Waals surface area contributed by atoms with E-state index < -0.39 is 0 Å². The Morgan fingerprint density at radius 3 is 2.80 bits per heavy atom. The number of ether oxygens (including phenoxy) is 1. The molecule has 3 aliphatic heterocycles. The zero-order chi connectivity index (χ0) is 29.3. The van der Waals surface area contributed by atoms with Crippen LogP contribution >= 0.6 is 0 Å². The summed E-state index contributed by atoms with van der Waals surface area (Å²) in [6.07, 6.45) is 12.9. The van der Waals surface area contributed by atoms with Gasteiger partial charge in [0.25, 0.3) is 5.91 Å². The molecule has 2 aromatic carbocycles. The molecule has 3 N–H and O–H groups in total. The largest absolute Gasteiger partial charge is 0.378 e. The van der Waals surface area contributed by atoms with E-state index in [2.05, 4.69) is 49.1 Å². The molecule has 2 bridgehead atoms. The van der Waals surface area contributed by atoms with E-state index in [4.69, 9.17) is 4.74 Å². The van der Waals surface area contributed by atoms with Crippen molar-refractivity contribution in [1.82, 2.24) is 15.0 Å². The summed E-state index contributed by atoms with van der Waals surface area (Å²) in [5.74, 6) is 1.63. The fourth-order valence-corrected chi connectivity index (χ4v) is 8.04. The average molecular weight is 581 g/mol. The van der Waals surface area contributed by atoms with Crippen LogP contribution in [0.3, 0.4) is 0 Å². The summed E-state index contributed by atoms with van der Waals surface area (Å²) in [6, 6.07) is 20.3. The van der Waals surface area contributed by atoms with Gasteiger partial charge in [0, 0.05) is 69.5 Å². The Labute approximate surface area is 255 Å². The van der Waals surface area contributed by atoms with Crippen LogP contribution in [0.25, 0.3) is 10.9 Å². The van der Waals surface area contributed by atoms with Gasteiger partial charge in [0.2, 0.25) is 0 Å². The minimum Gasteiger partial charge on any atom is -0.378 e. The van der Waals surface area contributed by atoms with Crippen LogP contribution in [0.1, 0.15) is 46.3 Å². The van der Waals surface area contributed by atoms with Gasteiger partial charge in [0.15, 0.2) is 0 Å². The molecule has 4 atom stereocenters. The third kappa shape index (κ3) is 4.08. The van der Waals surface area contributed by atoms with Gasteiger partial charge in [-0.1, -0.05) is 12.1 Å². The van der Waals surface area contributed by atoms with Crippen LogP contribution in [0.4, 0.5) is 28.6 Å². The summed E-state index contributed by atoms with van der Waals surface area (Å²) in [5, 5.41) is 11.3. The number of nitrogens with zero attached hydrogens (tertiary/aromatic N) is 3. The minimum atomic E-state index is -0.201.